The quantitative estimate of drug-likeness (QED) is 0.589. The molecule has 0 saturated heterocycles. The zero-order chi connectivity index (χ0) is 17.2. The molecule has 7 heteroatoms. The zero-order valence-corrected chi connectivity index (χ0v) is 14.4. The number of amides is 3. The Morgan fingerprint density at radius 2 is 2.00 bits per heavy atom. The average molecular weight is 334 g/mol. The van der Waals surface area contributed by atoms with Crippen LogP contribution in [0.25, 0.3) is 0 Å². The van der Waals surface area contributed by atoms with Crippen molar-refractivity contribution in [3.8, 4) is 6.19 Å². The van der Waals surface area contributed by atoms with E-state index in [2.05, 4.69) is 10.6 Å². The second kappa shape index (κ2) is 9.74. The molecule has 3 amide bonds. The molecule has 0 radical (unpaired) electrons. The van der Waals surface area contributed by atoms with Gasteiger partial charge in [0.15, 0.2) is 6.19 Å². The number of aryl methyl sites for hydroxylation is 1. The summed E-state index contributed by atoms with van der Waals surface area (Å²) in [6.45, 7) is 4.38. The number of hydrogen-bond acceptors (Lipinski definition) is 4. The predicted molar refractivity (Wildman–Crippen MR) is 91.7 cm³/mol. The number of nitrogens with zero attached hydrogens (tertiary/aromatic N) is 2. The number of urea groups is 1. The summed E-state index contributed by atoms with van der Waals surface area (Å²) >= 11 is 1.44. The van der Waals surface area contributed by atoms with Gasteiger partial charge >= 0.3 is 6.03 Å². The maximum atomic E-state index is 12.2. The standard InChI is InChI=1S/C16H22N4O2S/c1-4-20(11-17)15(21)14(10-23-3)19-16(22)18-9-13-7-5-12(2)6-8-13/h5-8,14H,4,9-10H2,1-3H3,(H2,18,19,22). The highest BCUT2D eigenvalue weighted by Gasteiger charge is 2.24. The molecule has 2 N–H and O–H groups in total. The summed E-state index contributed by atoms with van der Waals surface area (Å²) in [4.78, 5) is 25.2. The molecular formula is C16H22N4O2S. The van der Waals surface area contributed by atoms with Gasteiger partial charge in [-0.05, 0) is 25.7 Å². The van der Waals surface area contributed by atoms with Crippen LogP contribution in [0, 0.1) is 18.4 Å². The topological polar surface area (TPSA) is 85.2 Å². The molecule has 0 fully saturated rings. The third-order valence-electron chi connectivity index (χ3n) is 3.21. The molecule has 0 saturated carbocycles. The third-order valence-corrected chi connectivity index (χ3v) is 3.88. The van der Waals surface area contributed by atoms with Gasteiger partial charge in [-0.2, -0.15) is 17.0 Å². The van der Waals surface area contributed by atoms with Crippen LogP contribution in [0.3, 0.4) is 0 Å². The van der Waals surface area contributed by atoms with Crippen LogP contribution in [0.1, 0.15) is 18.1 Å². The molecule has 1 rings (SSSR count). The first kappa shape index (κ1) is 18.8. The van der Waals surface area contributed by atoms with Crippen LogP contribution in [0.4, 0.5) is 4.79 Å². The normalized spacial score (nSPS) is 11.2. The summed E-state index contributed by atoms with van der Waals surface area (Å²) < 4.78 is 0. The van der Waals surface area contributed by atoms with Crippen LogP contribution in [-0.4, -0.2) is 41.4 Å². The molecule has 0 aliphatic heterocycles. The number of rotatable bonds is 7. The van der Waals surface area contributed by atoms with Gasteiger partial charge in [-0.15, -0.1) is 0 Å². The fraction of sp³-hybridized carbons (Fsp3) is 0.438. The van der Waals surface area contributed by atoms with Crippen molar-refractivity contribution in [2.75, 3.05) is 18.6 Å². The smallest absolute Gasteiger partial charge is 0.315 e. The van der Waals surface area contributed by atoms with Gasteiger partial charge in [0.2, 0.25) is 0 Å². The number of carbonyl (C=O) groups is 2. The Balaban J connectivity index is 2.58. The number of likely N-dealkylation sites (N-methyl/N-ethyl adjacent to an activating group) is 1. The van der Waals surface area contributed by atoms with Gasteiger partial charge in [0.05, 0.1) is 0 Å². The highest BCUT2D eigenvalue weighted by molar-refractivity contribution is 7.98. The minimum absolute atomic E-state index is 0.285. The van der Waals surface area contributed by atoms with E-state index >= 15 is 0 Å². The predicted octanol–water partition coefficient (Wildman–Crippen LogP) is 1.86. The van der Waals surface area contributed by atoms with Crippen LogP contribution in [-0.2, 0) is 11.3 Å². The van der Waals surface area contributed by atoms with E-state index < -0.39 is 18.0 Å². The molecule has 0 aromatic heterocycles. The number of benzene rings is 1. The summed E-state index contributed by atoms with van der Waals surface area (Å²) in [6, 6.07) is 6.68. The molecule has 0 aliphatic carbocycles. The lowest BCUT2D eigenvalue weighted by Gasteiger charge is -2.21. The maximum absolute atomic E-state index is 12.2. The first-order valence-electron chi connectivity index (χ1n) is 7.31. The van der Waals surface area contributed by atoms with Crippen LogP contribution in [0.5, 0.6) is 0 Å². The molecule has 124 valence electrons. The van der Waals surface area contributed by atoms with Crippen molar-refractivity contribution >= 4 is 23.7 Å². The first-order chi connectivity index (χ1) is 11.0. The Hall–Kier alpha value is -2.20. The van der Waals surface area contributed by atoms with Crippen molar-refractivity contribution in [2.24, 2.45) is 0 Å². The average Bonchev–Trinajstić information content (AvgIpc) is 2.55. The second-order valence-corrected chi connectivity index (χ2v) is 5.91. The summed E-state index contributed by atoms with van der Waals surface area (Å²) in [7, 11) is 0. The summed E-state index contributed by atoms with van der Waals surface area (Å²) in [6.07, 6.45) is 3.67. The first-order valence-corrected chi connectivity index (χ1v) is 8.71. The molecule has 1 aromatic rings. The van der Waals surface area contributed by atoms with Crippen molar-refractivity contribution < 1.29 is 9.59 Å². The third kappa shape index (κ3) is 6.20. The van der Waals surface area contributed by atoms with E-state index in [1.807, 2.05) is 43.6 Å². The van der Waals surface area contributed by atoms with Gasteiger partial charge in [-0.3, -0.25) is 4.79 Å². The fourth-order valence-corrected chi connectivity index (χ4v) is 2.46. The maximum Gasteiger partial charge on any atom is 0.315 e. The molecular weight excluding hydrogens is 312 g/mol. The van der Waals surface area contributed by atoms with Crippen LogP contribution >= 0.6 is 11.8 Å². The summed E-state index contributed by atoms with van der Waals surface area (Å²) in [5.41, 5.74) is 2.13. The van der Waals surface area contributed by atoms with Crippen molar-refractivity contribution in [1.82, 2.24) is 15.5 Å². The van der Waals surface area contributed by atoms with Crippen molar-refractivity contribution in [1.29, 1.82) is 5.26 Å². The summed E-state index contributed by atoms with van der Waals surface area (Å²) in [5.74, 6) is 0.0180. The summed E-state index contributed by atoms with van der Waals surface area (Å²) in [5, 5.41) is 14.3. The lowest BCUT2D eigenvalue weighted by molar-refractivity contribution is -0.129. The lowest BCUT2D eigenvalue weighted by Crippen LogP contribution is -2.51. The Labute approximate surface area is 141 Å². The van der Waals surface area contributed by atoms with Crippen molar-refractivity contribution in [2.45, 2.75) is 26.4 Å². The minimum atomic E-state index is -0.720. The molecule has 1 unspecified atom stereocenters. The Kier molecular flexibility index (Phi) is 7.98. The van der Waals surface area contributed by atoms with E-state index in [-0.39, 0.29) is 6.54 Å². The van der Waals surface area contributed by atoms with Gasteiger partial charge in [-0.1, -0.05) is 29.8 Å². The number of hydrogen-bond donors (Lipinski definition) is 2. The monoisotopic (exact) mass is 334 g/mol. The Bertz CT molecular complexity index is 568. The molecule has 0 aliphatic rings. The number of carbonyl (C=O) groups excluding carboxylic acids is 2. The lowest BCUT2D eigenvalue weighted by atomic mass is 10.1. The number of thioether (sulfide) groups is 1. The van der Waals surface area contributed by atoms with E-state index in [0.717, 1.165) is 16.0 Å². The van der Waals surface area contributed by atoms with Crippen LogP contribution in [0.2, 0.25) is 0 Å². The van der Waals surface area contributed by atoms with Crippen LogP contribution < -0.4 is 10.6 Å². The second-order valence-electron chi connectivity index (χ2n) is 5.00. The van der Waals surface area contributed by atoms with Crippen molar-refractivity contribution in [3.05, 3.63) is 35.4 Å². The van der Waals surface area contributed by atoms with E-state index in [9.17, 15) is 9.59 Å². The van der Waals surface area contributed by atoms with Crippen molar-refractivity contribution in [3.63, 3.8) is 0 Å². The minimum Gasteiger partial charge on any atom is -0.334 e. The molecule has 0 spiro atoms. The molecule has 0 heterocycles. The van der Waals surface area contributed by atoms with E-state index in [1.165, 1.54) is 11.8 Å². The SMILES string of the molecule is CCN(C#N)C(=O)C(CSC)NC(=O)NCc1ccc(C)cc1. The largest absolute Gasteiger partial charge is 0.334 e. The Morgan fingerprint density at radius 3 is 2.52 bits per heavy atom. The van der Waals surface area contributed by atoms with Gasteiger partial charge < -0.3 is 10.6 Å². The van der Waals surface area contributed by atoms with E-state index in [4.69, 9.17) is 5.26 Å². The highest BCUT2D eigenvalue weighted by atomic mass is 32.2. The van der Waals surface area contributed by atoms with Gasteiger partial charge in [0, 0.05) is 18.8 Å². The molecule has 1 aromatic carbocycles. The Morgan fingerprint density at radius 1 is 1.35 bits per heavy atom. The molecule has 6 nitrogen and oxygen atoms in total. The zero-order valence-electron chi connectivity index (χ0n) is 13.6. The van der Waals surface area contributed by atoms with Crippen LogP contribution in [0.15, 0.2) is 24.3 Å². The molecule has 1 atom stereocenters. The van der Waals surface area contributed by atoms with Gasteiger partial charge in [0.25, 0.3) is 5.91 Å². The molecule has 0 bridgehead atoms. The van der Waals surface area contributed by atoms with Gasteiger partial charge in [-0.25, -0.2) is 9.69 Å². The van der Waals surface area contributed by atoms with E-state index in [1.54, 1.807) is 6.92 Å². The fourth-order valence-electron chi connectivity index (χ4n) is 1.90. The number of nitrogens with one attached hydrogen (secondary N) is 2. The van der Waals surface area contributed by atoms with E-state index in [0.29, 0.717) is 12.3 Å². The highest BCUT2D eigenvalue weighted by Crippen LogP contribution is 2.04. The van der Waals surface area contributed by atoms with Gasteiger partial charge in [0.1, 0.15) is 6.04 Å². The number of nitriles is 1. The molecule has 23 heavy (non-hydrogen) atoms.